The fraction of sp³-hybridized carbons (Fsp3) is 0.786. The summed E-state index contributed by atoms with van der Waals surface area (Å²) in [5.41, 5.74) is 0. The summed E-state index contributed by atoms with van der Waals surface area (Å²) < 4.78 is 0. The highest BCUT2D eigenvalue weighted by Crippen LogP contribution is 2.43. The van der Waals surface area contributed by atoms with Crippen LogP contribution < -0.4 is 10.6 Å². The van der Waals surface area contributed by atoms with Crippen LogP contribution in [0.5, 0.6) is 0 Å². The van der Waals surface area contributed by atoms with E-state index in [1.54, 1.807) is 0 Å². The maximum atomic E-state index is 12.2. The number of allylic oxidation sites excluding steroid dienone is 2. The number of amides is 1. The lowest BCUT2D eigenvalue weighted by molar-refractivity contribution is -0.126. The number of rotatable bonds is 2. The van der Waals surface area contributed by atoms with Crippen LogP contribution in [0.3, 0.4) is 0 Å². The molecule has 0 radical (unpaired) electrons. The molecule has 0 aromatic carbocycles. The molecular formula is C14H22N2O. The largest absolute Gasteiger partial charge is 0.352 e. The zero-order chi connectivity index (χ0) is 11.7. The highest BCUT2D eigenvalue weighted by Gasteiger charge is 2.40. The number of carbonyl (C=O) groups excluding carboxylic acids is 1. The Bertz CT molecular complexity index is 318. The Balaban J connectivity index is 1.54. The third-order valence-electron chi connectivity index (χ3n) is 4.51. The standard InChI is InChI=1S/C14H22N2O/c17-14(13-8-10-4-5-11(13)7-10)16-12-3-1-2-6-15-9-12/h4-5,10-13,15H,1-3,6-9H2,(H,16,17). The molecule has 3 nitrogen and oxygen atoms in total. The van der Waals surface area contributed by atoms with Crippen molar-refractivity contribution in [3.8, 4) is 0 Å². The molecule has 2 N–H and O–H groups in total. The third kappa shape index (κ3) is 2.39. The third-order valence-corrected chi connectivity index (χ3v) is 4.51. The van der Waals surface area contributed by atoms with Crippen LogP contribution >= 0.6 is 0 Å². The molecule has 0 aromatic rings. The van der Waals surface area contributed by atoms with Gasteiger partial charge in [-0.1, -0.05) is 18.6 Å². The Hall–Kier alpha value is -0.830. The SMILES string of the molecule is O=C(NC1CCCCNC1)C1CC2C=CC1C2. The van der Waals surface area contributed by atoms with Crippen LogP contribution in [0.25, 0.3) is 0 Å². The molecule has 3 aliphatic rings. The maximum Gasteiger partial charge on any atom is 0.223 e. The highest BCUT2D eigenvalue weighted by atomic mass is 16.2. The quantitative estimate of drug-likeness (QED) is 0.710. The fourth-order valence-electron chi connectivity index (χ4n) is 3.53. The minimum atomic E-state index is 0.258. The van der Waals surface area contributed by atoms with Gasteiger partial charge in [-0.15, -0.1) is 0 Å². The average Bonchev–Trinajstić information content (AvgIpc) is 2.87. The summed E-state index contributed by atoms with van der Waals surface area (Å²) in [5, 5.41) is 6.65. The van der Waals surface area contributed by atoms with Gasteiger partial charge in [0.2, 0.25) is 5.91 Å². The van der Waals surface area contributed by atoms with Gasteiger partial charge in [0.1, 0.15) is 0 Å². The van der Waals surface area contributed by atoms with Gasteiger partial charge in [-0.25, -0.2) is 0 Å². The van der Waals surface area contributed by atoms with Gasteiger partial charge in [0.25, 0.3) is 0 Å². The minimum absolute atomic E-state index is 0.258. The second-order valence-electron chi connectivity index (χ2n) is 5.79. The first-order valence-electron chi connectivity index (χ1n) is 7.02. The number of fused-ring (bicyclic) bond motifs is 2. The van der Waals surface area contributed by atoms with Gasteiger partial charge >= 0.3 is 0 Å². The number of nitrogens with one attached hydrogen (secondary N) is 2. The Morgan fingerprint density at radius 2 is 2.18 bits per heavy atom. The van der Waals surface area contributed by atoms with Crippen molar-refractivity contribution in [2.75, 3.05) is 13.1 Å². The lowest BCUT2D eigenvalue weighted by Gasteiger charge is -2.22. The summed E-state index contributed by atoms with van der Waals surface area (Å²) in [7, 11) is 0. The molecule has 17 heavy (non-hydrogen) atoms. The second kappa shape index (κ2) is 4.81. The number of hydrogen-bond acceptors (Lipinski definition) is 2. The van der Waals surface area contributed by atoms with E-state index in [0.717, 1.165) is 25.9 Å². The van der Waals surface area contributed by atoms with Crippen molar-refractivity contribution >= 4 is 5.91 Å². The molecule has 4 unspecified atom stereocenters. The first-order valence-corrected chi connectivity index (χ1v) is 7.02. The lowest BCUT2D eigenvalue weighted by atomic mass is 9.92. The van der Waals surface area contributed by atoms with Crippen molar-refractivity contribution in [2.24, 2.45) is 17.8 Å². The van der Waals surface area contributed by atoms with E-state index in [2.05, 4.69) is 22.8 Å². The predicted molar refractivity (Wildman–Crippen MR) is 67.5 cm³/mol. The molecule has 0 spiro atoms. The zero-order valence-electron chi connectivity index (χ0n) is 10.3. The highest BCUT2D eigenvalue weighted by molar-refractivity contribution is 5.80. The van der Waals surface area contributed by atoms with Crippen LogP contribution in [0.15, 0.2) is 12.2 Å². The van der Waals surface area contributed by atoms with Crippen molar-refractivity contribution in [1.29, 1.82) is 0 Å². The van der Waals surface area contributed by atoms with Gasteiger partial charge in [0, 0.05) is 18.5 Å². The molecule has 3 rings (SSSR count). The molecule has 1 aliphatic heterocycles. The summed E-state index contributed by atoms with van der Waals surface area (Å²) in [4.78, 5) is 12.2. The topological polar surface area (TPSA) is 41.1 Å². The molecule has 0 aromatic heterocycles. The van der Waals surface area contributed by atoms with E-state index in [1.165, 1.54) is 19.3 Å². The summed E-state index contributed by atoms with van der Waals surface area (Å²) in [6.07, 6.45) is 10.4. The molecule has 1 saturated carbocycles. The first kappa shape index (κ1) is 11.3. The van der Waals surface area contributed by atoms with E-state index >= 15 is 0 Å². The van der Waals surface area contributed by atoms with Crippen LogP contribution in [0.2, 0.25) is 0 Å². The van der Waals surface area contributed by atoms with Crippen LogP contribution in [0.4, 0.5) is 0 Å². The van der Waals surface area contributed by atoms with Gasteiger partial charge in [-0.05, 0) is 44.1 Å². The number of carbonyl (C=O) groups is 1. The lowest BCUT2D eigenvalue weighted by Crippen LogP contribution is -2.44. The smallest absolute Gasteiger partial charge is 0.223 e. The average molecular weight is 234 g/mol. The predicted octanol–water partition coefficient (Wildman–Crippen LogP) is 1.46. The van der Waals surface area contributed by atoms with Gasteiger partial charge < -0.3 is 10.6 Å². The Kier molecular flexibility index (Phi) is 3.19. The van der Waals surface area contributed by atoms with Crippen molar-refractivity contribution in [3.05, 3.63) is 12.2 Å². The molecule has 2 bridgehead atoms. The zero-order valence-corrected chi connectivity index (χ0v) is 10.3. The van der Waals surface area contributed by atoms with Crippen LogP contribution in [-0.2, 0) is 4.79 Å². The van der Waals surface area contributed by atoms with E-state index in [-0.39, 0.29) is 5.92 Å². The van der Waals surface area contributed by atoms with E-state index < -0.39 is 0 Å². The van der Waals surface area contributed by atoms with Crippen molar-refractivity contribution in [3.63, 3.8) is 0 Å². The fourth-order valence-corrected chi connectivity index (χ4v) is 3.53. The van der Waals surface area contributed by atoms with Gasteiger partial charge in [-0.2, -0.15) is 0 Å². The molecule has 1 heterocycles. The van der Waals surface area contributed by atoms with E-state index in [0.29, 0.717) is 23.8 Å². The Morgan fingerprint density at radius 1 is 1.24 bits per heavy atom. The molecule has 4 atom stereocenters. The van der Waals surface area contributed by atoms with Gasteiger partial charge in [0.05, 0.1) is 0 Å². The summed E-state index contributed by atoms with van der Waals surface area (Å²) in [6, 6.07) is 0.355. The second-order valence-corrected chi connectivity index (χ2v) is 5.79. The maximum absolute atomic E-state index is 12.2. The first-order chi connectivity index (χ1) is 8.33. The van der Waals surface area contributed by atoms with Crippen molar-refractivity contribution in [1.82, 2.24) is 10.6 Å². The summed E-state index contributed by atoms with van der Waals surface area (Å²) >= 11 is 0. The Labute approximate surface area is 103 Å². The monoisotopic (exact) mass is 234 g/mol. The molecule has 2 aliphatic carbocycles. The van der Waals surface area contributed by atoms with E-state index in [4.69, 9.17) is 0 Å². The molecule has 1 saturated heterocycles. The van der Waals surface area contributed by atoms with Gasteiger partial charge in [0.15, 0.2) is 0 Å². The van der Waals surface area contributed by atoms with Crippen LogP contribution in [0, 0.1) is 17.8 Å². The van der Waals surface area contributed by atoms with Gasteiger partial charge in [-0.3, -0.25) is 4.79 Å². The van der Waals surface area contributed by atoms with Crippen molar-refractivity contribution < 1.29 is 4.79 Å². The summed E-state index contributed by atoms with van der Waals surface area (Å²) in [5.74, 6) is 1.77. The van der Waals surface area contributed by atoms with Crippen LogP contribution in [0.1, 0.15) is 32.1 Å². The normalized spacial score (nSPS) is 40.2. The van der Waals surface area contributed by atoms with E-state index in [9.17, 15) is 4.79 Å². The van der Waals surface area contributed by atoms with Crippen molar-refractivity contribution in [2.45, 2.75) is 38.1 Å². The Morgan fingerprint density at radius 3 is 2.94 bits per heavy atom. The molecular weight excluding hydrogens is 212 g/mol. The van der Waals surface area contributed by atoms with Crippen LogP contribution in [-0.4, -0.2) is 25.0 Å². The van der Waals surface area contributed by atoms with E-state index in [1.807, 2.05) is 0 Å². The minimum Gasteiger partial charge on any atom is -0.352 e. The summed E-state index contributed by atoms with van der Waals surface area (Å²) in [6.45, 7) is 2.05. The molecule has 94 valence electrons. The molecule has 2 fully saturated rings. The molecule has 3 heteroatoms. The molecule has 1 amide bonds. The number of hydrogen-bond donors (Lipinski definition) is 2.